The van der Waals surface area contributed by atoms with Crippen LogP contribution in [0.3, 0.4) is 0 Å². The van der Waals surface area contributed by atoms with Crippen LogP contribution in [0.5, 0.6) is 11.6 Å². The van der Waals surface area contributed by atoms with Crippen molar-refractivity contribution in [3.8, 4) is 11.6 Å². The van der Waals surface area contributed by atoms with E-state index in [0.717, 1.165) is 43.9 Å². The molecule has 1 aromatic carbocycles. The molecule has 0 saturated carbocycles. The van der Waals surface area contributed by atoms with E-state index in [1.165, 1.54) is 5.56 Å². The molecule has 1 aromatic heterocycles. The number of aliphatic hydroxyl groups is 1. The molecular weight excluding hydrogens is 318 g/mol. The molecule has 0 atom stereocenters. The van der Waals surface area contributed by atoms with Crippen LogP contribution >= 0.6 is 0 Å². The lowest BCUT2D eigenvalue weighted by Crippen LogP contribution is -2.43. The maximum Gasteiger partial charge on any atom is 0.257 e. The zero-order chi connectivity index (χ0) is 17.7. The molecule has 0 aliphatic carbocycles. The van der Waals surface area contributed by atoms with Gasteiger partial charge in [0.05, 0.1) is 14.2 Å². The van der Waals surface area contributed by atoms with E-state index in [1.807, 2.05) is 12.1 Å². The van der Waals surface area contributed by atoms with Crippen molar-refractivity contribution < 1.29 is 14.6 Å². The Bertz CT molecular complexity index is 683. The monoisotopic (exact) mass is 343 g/mol. The molecule has 0 unspecified atom stereocenters. The van der Waals surface area contributed by atoms with Gasteiger partial charge in [0.2, 0.25) is 0 Å². The number of nitrogens with zero attached hydrogens (tertiary/aromatic N) is 3. The Morgan fingerprint density at radius 3 is 2.32 bits per heavy atom. The van der Waals surface area contributed by atoms with Gasteiger partial charge < -0.3 is 19.5 Å². The highest BCUT2D eigenvalue weighted by Gasteiger charge is 2.35. The first-order valence-corrected chi connectivity index (χ1v) is 8.53. The van der Waals surface area contributed by atoms with Crippen LogP contribution in [-0.4, -0.2) is 49.0 Å². The average molecular weight is 343 g/mol. The summed E-state index contributed by atoms with van der Waals surface area (Å²) < 4.78 is 10.5. The van der Waals surface area contributed by atoms with Crippen molar-refractivity contribution in [1.82, 2.24) is 9.97 Å². The molecule has 1 fully saturated rings. The van der Waals surface area contributed by atoms with Crippen LogP contribution in [0.2, 0.25) is 0 Å². The summed E-state index contributed by atoms with van der Waals surface area (Å²) in [4.78, 5) is 10.8. The van der Waals surface area contributed by atoms with E-state index >= 15 is 0 Å². The molecule has 0 bridgehead atoms. The Kier molecular flexibility index (Phi) is 5.38. The van der Waals surface area contributed by atoms with Crippen molar-refractivity contribution in [2.24, 2.45) is 5.41 Å². The van der Waals surface area contributed by atoms with Gasteiger partial charge in [-0.1, -0.05) is 12.1 Å². The third-order valence-electron chi connectivity index (χ3n) is 5.04. The van der Waals surface area contributed by atoms with Crippen molar-refractivity contribution >= 4 is 5.82 Å². The standard InChI is InChI=1S/C19H25N3O3/c1-24-16-5-3-15(4-6-16)13-19(14-23)7-11-22(12-8-19)17-18(25-2)21-10-9-20-17/h3-6,9-10,23H,7-8,11-14H2,1-2H3. The van der Waals surface area contributed by atoms with Gasteiger partial charge in [0.25, 0.3) is 5.88 Å². The van der Waals surface area contributed by atoms with Crippen molar-refractivity contribution in [1.29, 1.82) is 0 Å². The van der Waals surface area contributed by atoms with Crippen molar-refractivity contribution in [3.05, 3.63) is 42.2 Å². The lowest BCUT2D eigenvalue weighted by molar-refractivity contribution is 0.0959. The van der Waals surface area contributed by atoms with E-state index < -0.39 is 0 Å². The number of anilines is 1. The first kappa shape index (κ1) is 17.5. The molecule has 2 aromatic rings. The molecule has 134 valence electrons. The van der Waals surface area contributed by atoms with Crippen LogP contribution in [0.4, 0.5) is 5.82 Å². The molecular formula is C19H25N3O3. The van der Waals surface area contributed by atoms with Gasteiger partial charge in [0.1, 0.15) is 5.75 Å². The van der Waals surface area contributed by atoms with E-state index in [9.17, 15) is 5.11 Å². The summed E-state index contributed by atoms with van der Waals surface area (Å²) in [6.07, 6.45) is 5.97. The quantitative estimate of drug-likeness (QED) is 0.868. The SMILES string of the molecule is COc1ccc(CC2(CO)CCN(c3nccnc3OC)CC2)cc1. The first-order valence-electron chi connectivity index (χ1n) is 8.53. The summed E-state index contributed by atoms with van der Waals surface area (Å²) in [6.45, 7) is 1.84. The van der Waals surface area contributed by atoms with Crippen LogP contribution in [0.25, 0.3) is 0 Å². The molecule has 1 aliphatic rings. The highest BCUT2D eigenvalue weighted by Crippen LogP contribution is 2.37. The summed E-state index contributed by atoms with van der Waals surface area (Å²) in [7, 11) is 3.28. The number of rotatable bonds is 6. The number of piperidine rings is 1. The zero-order valence-corrected chi connectivity index (χ0v) is 14.8. The number of aromatic nitrogens is 2. The number of aliphatic hydroxyl groups excluding tert-OH is 1. The second kappa shape index (κ2) is 7.70. The number of hydrogen-bond acceptors (Lipinski definition) is 6. The normalized spacial score (nSPS) is 16.5. The van der Waals surface area contributed by atoms with Crippen LogP contribution in [0.15, 0.2) is 36.7 Å². The van der Waals surface area contributed by atoms with E-state index in [1.54, 1.807) is 26.6 Å². The van der Waals surface area contributed by atoms with Gasteiger partial charge >= 0.3 is 0 Å². The largest absolute Gasteiger partial charge is 0.497 e. The second-order valence-corrected chi connectivity index (χ2v) is 6.56. The predicted molar refractivity (Wildman–Crippen MR) is 96.2 cm³/mol. The van der Waals surface area contributed by atoms with Crippen LogP contribution < -0.4 is 14.4 Å². The van der Waals surface area contributed by atoms with Gasteiger partial charge in [-0.2, -0.15) is 0 Å². The lowest BCUT2D eigenvalue weighted by atomic mass is 9.74. The molecule has 6 nitrogen and oxygen atoms in total. The third-order valence-corrected chi connectivity index (χ3v) is 5.04. The molecule has 3 rings (SSSR count). The number of benzene rings is 1. The summed E-state index contributed by atoms with van der Waals surface area (Å²) >= 11 is 0. The molecule has 1 N–H and O–H groups in total. The summed E-state index contributed by atoms with van der Waals surface area (Å²) in [5, 5.41) is 10.1. The summed E-state index contributed by atoms with van der Waals surface area (Å²) in [5.41, 5.74) is 1.13. The van der Waals surface area contributed by atoms with E-state index in [2.05, 4.69) is 27.0 Å². The maximum atomic E-state index is 10.1. The molecule has 0 amide bonds. The molecule has 25 heavy (non-hydrogen) atoms. The van der Waals surface area contributed by atoms with Crippen molar-refractivity contribution in [2.45, 2.75) is 19.3 Å². The topological polar surface area (TPSA) is 67.7 Å². The fourth-order valence-electron chi connectivity index (χ4n) is 3.44. The Morgan fingerprint density at radius 1 is 1.04 bits per heavy atom. The second-order valence-electron chi connectivity index (χ2n) is 6.56. The average Bonchev–Trinajstić information content (AvgIpc) is 2.69. The molecule has 2 heterocycles. The smallest absolute Gasteiger partial charge is 0.257 e. The Morgan fingerprint density at radius 2 is 1.72 bits per heavy atom. The minimum atomic E-state index is -0.0967. The highest BCUT2D eigenvalue weighted by atomic mass is 16.5. The summed E-state index contributed by atoms with van der Waals surface area (Å²) in [5.74, 6) is 2.18. The van der Waals surface area contributed by atoms with Gasteiger partial charge in [-0.25, -0.2) is 9.97 Å². The molecule has 0 radical (unpaired) electrons. The number of methoxy groups -OCH3 is 2. The highest BCUT2D eigenvalue weighted by molar-refractivity contribution is 5.48. The Labute approximate surface area is 148 Å². The van der Waals surface area contributed by atoms with Gasteiger partial charge in [-0.05, 0) is 37.0 Å². The van der Waals surface area contributed by atoms with E-state index in [4.69, 9.17) is 9.47 Å². The number of ether oxygens (including phenoxy) is 2. The third kappa shape index (κ3) is 3.85. The summed E-state index contributed by atoms with van der Waals surface area (Å²) in [6, 6.07) is 8.10. The number of hydrogen-bond donors (Lipinski definition) is 1. The van der Waals surface area contributed by atoms with Crippen molar-refractivity contribution in [2.75, 3.05) is 38.8 Å². The van der Waals surface area contributed by atoms with Gasteiger partial charge in [0.15, 0.2) is 5.82 Å². The Balaban J connectivity index is 1.69. The van der Waals surface area contributed by atoms with Crippen molar-refractivity contribution in [3.63, 3.8) is 0 Å². The zero-order valence-electron chi connectivity index (χ0n) is 14.8. The molecule has 6 heteroatoms. The van der Waals surface area contributed by atoms with Gasteiger partial charge in [-0.15, -0.1) is 0 Å². The van der Waals surface area contributed by atoms with E-state index in [0.29, 0.717) is 5.88 Å². The van der Waals surface area contributed by atoms with Crippen LogP contribution in [0, 0.1) is 5.41 Å². The maximum absolute atomic E-state index is 10.1. The molecule has 1 aliphatic heterocycles. The minimum absolute atomic E-state index is 0.0967. The predicted octanol–water partition coefficient (Wildman–Crippen LogP) is 2.32. The lowest BCUT2D eigenvalue weighted by Gasteiger charge is -2.41. The van der Waals surface area contributed by atoms with Crippen LogP contribution in [-0.2, 0) is 6.42 Å². The van der Waals surface area contributed by atoms with Crippen LogP contribution in [0.1, 0.15) is 18.4 Å². The van der Waals surface area contributed by atoms with Gasteiger partial charge in [0, 0.05) is 37.5 Å². The molecule has 0 spiro atoms. The Hall–Kier alpha value is -2.34. The fraction of sp³-hybridized carbons (Fsp3) is 0.474. The van der Waals surface area contributed by atoms with Gasteiger partial charge in [-0.3, -0.25) is 0 Å². The fourth-order valence-corrected chi connectivity index (χ4v) is 3.44. The first-order chi connectivity index (χ1) is 12.2. The van der Waals surface area contributed by atoms with E-state index in [-0.39, 0.29) is 12.0 Å². The minimum Gasteiger partial charge on any atom is -0.497 e. The molecule has 1 saturated heterocycles.